The second-order valence-electron chi connectivity index (χ2n) is 10.1. The molecule has 0 unspecified atom stereocenters. The van der Waals surface area contributed by atoms with Crippen LogP contribution in [0.25, 0.3) is 27.9 Å². The maximum atomic E-state index is 13.3. The van der Waals surface area contributed by atoms with E-state index >= 15 is 0 Å². The number of hydrogen-bond acceptors (Lipinski definition) is 8. The smallest absolute Gasteiger partial charge is 0.357 e. The van der Waals surface area contributed by atoms with Crippen molar-refractivity contribution in [3.63, 3.8) is 0 Å². The Bertz CT molecular complexity index is 1660. The van der Waals surface area contributed by atoms with Gasteiger partial charge in [0.2, 0.25) is 0 Å². The van der Waals surface area contributed by atoms with Gasteiger partial charge < -0.3 is 18.6 Å². The maximum Gasteiger partial charge on any atom is 0.357 e. The van der Waals surface area contributed by atoms with E-state index < -0.39 is 17.6 Å². The number of rotatable bonds is 6. The van der Waals surface area contributed by atoms with Gasteiger partial charge in [0.05, 0.1) is 24.5 Å². The predicted octanol–water partition coefficient (Wildman–Crippen LogP) is 5.41. The van der Waals surface area contributed by atoms with Gasteiger partial charge in [-0.2, -0.15) is 5.10 Å². The molecule has 0 saturated carbocycles. The summed E-state index contributed by atoms with van der Waals surface area (Å²) < 4.78 is 23.7. The van der Waals surface area contributed by atoms with E-state index in [9.17, 15) is 14.4 Å². The molecule has 1 aliphatic rings. The first-order valence-corrected chi connectivity index (χ1v) is 13.0. The normalized spacial score (nSPS) is 14.0. The van der Waals surface area contributed by atoms with Crippen molar-refractivity contribution in [2.75, 3.05) is 13.2 Å². The van der Waals surface area contributed by atoms with Crippen LogP contribution in [0.3, 0.4) is 0 Å². The molecule has 0 radical (unpaired) electrons. The molecule has 202 valence electrons. The highest BCUT2D eigenvalue weighted by atomic mass is 16.5. The van der Waals surface area contributed by atoms with Gasteiger partial charge in [-0.3, -0.25) is 0 Å². The zero-order valence-electron chi connectivity index (χ0n) is 22.6. The fourth-order valence-corrected chi connectivity index (χ4v) is 4.77. The predicted molar refractivity (Wildman–Crippen MR) is 145 cm³/mol. The molecular formula is C30H30N2O7. The first kappa shape index (κ1) is 26.2. The third-order valence-electron chi connectivity index (χ3n) is 6.63. The van der Waals surface area contributed by atoms with Gasteiger partial charge in [-0.1, -0.05) is 12.1 Å². The molecular weight excluding hydrogens is 500 g/mol. The Morgan fingerprint density at radius 1 is 1.05 bits per heavy atom. The van der Waals surface area contributed by atoms with Crippen molar-refractivity contribution in [2.45, 2.75) is 53.1 Å². The van der Waals surface area contributed by atoms with Crippen LogP contribution < -0.4 is 10.4 Å². The lowest BCUT2D eigenvalue weighted by molar-refractivity contribution is 0.0473. The van der Waals surface area contributed by atoms with E-state index in [4.69, 9.17) is 18.6 Å². The average Bonchev–Trinajstić information content (AvgIpc) is 3.28. The molecule has 39 heavy (non-hydrogen) atoms. The summed E-state index contributed by atoms with van der Waals surface area (Å²) in [7, 11) is 0. The number of carbonyl (C=O) groups is 2. The third kappa shape index (κ3) is 4.92. The highest BCUT2D eigenvalue weighted by molar-refractivity contribution is 6.07. The maximum absolute atomic E-state index is 13.3. The third-order valence-corrected chi connectivity index (χ3v) is 6.63. The number of benzene rings is 2. The zero-order chi connectivity index (χ0) is 27.9. The molecule has 4 aromatic rings. The molecule has 0 fully saturated rings. The van der Waals surface area contributed by atoms with Gasteiger partial charge in [-0.15, -0.1) is 0 Å². The SMILES string of the molecule is CCOC(=O)c1c(-c2cc3cc4c(cc3oc2=O)OC(C)(C)CC4)nn(-c2cccc(C)c2)c1C(=O)OCC. The van der Waals surface area contributed by atoms with Gasteiger partial charge in [0.1, 0.15) is 28.2 Å². The monoisotopic (exact) mass is 530 g/mol. The highest BCUT2D eigenvalue weighted by Crippen LogP contribution is 2.37. The second kappa shape index (κ2) is 10.1. The van der Waals surface area contributed by atoms with E-state index in [0.29, 0.717) is 22.4 Å². The summed E-state index contributed by atoms with van der Waals surface area (Å²) in [5.41, 5.74) is 1.46. The molecule has 0 N–H and O–H groups in total. The van der Waals surface area contributed by atoms with Crippen LogP contribution in [0.2, 0.25) is 0 Å². The van der Waals surface area contributed by atoms with Crippen LogP contribution in [0, 0.1) is 6.92 Å². The molecule has 0 atom stereocenters. The Balaban J connectivity index is 1.77. The summed E-state index contributed by atoms with van der Waals surface area (Å²) in [6.45, 7) is 9.39. The Kier molecular flexibility index (Phi) is 6.76. The van der Waals surface area contributed by atoms with Crippen LogP contribution in [0.4, 0.5) is 0 Å². The molecule has 1 aliphatic heterocycles. The fourth-order valence-electron chi connectivity index (χ4n) is 4.77. The number of fused-ring (bicyclic) bond motifs is 2. The van der Waals surface area contributed by atoms with Crippen LogP contribution in [0.5, 0.6) is 5.75 Å². The summed E-state index contributed by atoms with van der Waals surface area (Å²) >= 11 is 0. The minimum absolute atomic E-state index is 0.0243. The molecule has 3 heterocycles. The molecule has 5 rings (SSSR count). The number of nitrogens with zero attached hydrogens (tertiary/aromatic N) is 2. The number of aryl methyl sites for hydroxylation is 2. The zero-order valence-corrected chi connectivity index (χ0v) is 22.6. The molecule has 2 aromatic heterocycles. The van der Waals surface area contributed by atoms with Gasteiger partial charge in [0, 0.05) is 11.5 Å². The van der Waals surface area contributed by atoms with Gasteiger partial charge in [-0.05, 0) is 82.9 Å². The molecule has 9 heteroatoms. The Hall–Kier alpha value is -4.40. The second-order valence-corrected chi connectivity index (χ2v) is 10.1. The van der Waals surface area contributed by atoms with Crippen molar-refractivity contribution in [1.29, 1.82) is 0 Å². The molecule has 0 bridgehead atoms. The first-order chi connectivity index (χ1) is 18.6. The van der Waals surface area contributed by atoms with E-state index in [0.717, 1.165) is 24.0 Å². The topological polar surface area (TPSA) is 110 Å². The molecule has 0 aliphatic carbocycles. The van der Waals surface area contributed by atoms with E-state index in [1.807, 2.05) is 45.0 Å². The van der Waals surface area contributed by atoms with Gasteiger partial charge in [0.25, 0.3) is 0 Å². The molecule has 0 amide bonds. The molecule has 0 saturated heterocycles. The largest absolute Gasteiger partial charge is 0.487 e. The van der Waals surface area contributed by atoms with Crippen molar-refractivity contribution in [2.24, 2.45) is 0 Å². The van der Waals surface area contributed by atoms with Crippen molar-refractivity contribution in [1.82, 2.24) is 9.78 Å². The molecule has 9 nitrogen and oxygen atoms in total. The van der Waals surface area contributed by atoms with Crippen LogP contribution in [0.15, 0.2) is 51.7 Å². The van der Waals surface area contributed by atoms with Crippen LogP contribution >= 0.6 is 0 Å². The lowest BCUT2D eigenvalue weighted by Crippen LogP contribution is -2.32. The Labute approximate surface area is 225 Å². The van der Waals surface area contributed by atoms with Crippen LogP contribution in [-0.4, -0.2) is 40.5 Å². The number of hydrogen-bond donors (Lipinski definition) is 0. The van der Waals surface area contributed by atoms with E-state index in [-0.39, 0.29) is 41.3 Å². The fraction of sp³-hybridized carbons (Fsp3) is 0.333. The molecule has 0 spiro atoms. The first-order valence-electron chi connectivity index (χ1n) is 13.0. The van der Waals surface area contributed by atoms with Crippen molar-refractivity contribution in [3.05, 3.63) is 75.3 Å². The Morgan fingerprint density at radius 2 is 1.79 bits per heavy atom. The number of esters is 2. The highest BCUT2D eigenvalue weighted by Gasteiger charge is 2.34. The quantitative estimate of drug-likeness (QED) is 0.240. The Morgan fingerprint density at radius 3 is 2.51 bits per heavy atom. The number of carbonyl (C=O) groups excluding carboxylic acids is 2. The van der Waals surface area contributed by atoms with Crippen LogP contribution in [-0.2, 0) is 15.9 Å². The summed E-state index contributed by atoms with van der Waals surface area (Å²) in [6, 6.07) is 12.5. The van der Waals surface area contributed by atoms with E-state index in [1.54, 1.807) is 32.0 Å². The summed E-state index contributed by atoms with van der Waals surface area (Å²) in [6.07, 6.45) is 1.64. The van der Waals surface area contributed by atoms with Crippen molar-refractivity contribution >= 4 is 22.9 Å². The standard InChI is InChI=1S/C30H30N2O7/c1-6-36-28(34)24-25(31-32(26(24)29(35)37-7-2)20-10-8-9-17(3)13-20)21-15-19-14-18-11-12-30(4,5)39-23(18)16-22(19)38-27(21)33/h8-10,13-16H,6-7,11-12H2,1-5H3. The molecule has 2 aromatic carbocycles. The van der Waals surface area contributed by atoms with Gasteiger partial charge in [0.15, 0.2) is 5.69 Å². The number of aromatic nitrogens is 2. The van der Waals surface area contributed by atoms with Gasteiger partial charge in [-0.25, -0.2) is 19.1 Å². The average molecular weight is 531 g/mol. The summed E-state index contributed by atoms with van der Waals surface area (Å²) in [5.74, 6) is -0.884. The number of ether oxygens (including phenoxy) is 3. The van der Waals surface area contributed by atoms with Gasteiger partial charge >= 0.3 is 17.6 Å². The minimum Gasteiger partial charge on any atom is -0.487 e. The lowest BCUT2D eigenvalue weighted by atomic mass is 9.93. The van der Waals surface area contributed by atoms with Crippen molar-refractivity contribution in [3.8, 4) is 22.7 Å². The minimum atomic E-state index is -0.796. The van der Waals surface area contributed by atoms with E-state index in [2.05, 4.69) is 5.10 Å². The summed E-state index contributed by atoms with van der Waals surface area (Å²) in [5, 5.41) is 5.25. The lowest BCUT2D eigenvalue weighted by Gasteiger charge is -2.32. The van der Waals surface area contributed by atoms with Crippen LogP contribution in [0.1, 0.15) is 66.1 Å². The van der Waals surface area contributed by atoms with Crippen molar-refractivity contribution < 1.29 is 28.2 Å². The van der Waals surface area contributed by atoms with E-state index in [1.165, 1.54) is 4.68 Å². The summed E-state index contributed by atoms with van der Waals surface area (Å²) in [4.78, 5) is 39.8.